The molecule has 152 valence electrons. The summed E-state index contributed by atoms with van der Waals surface area (Å²) in [5.41, 5.74) is 4.33. The zero-order chi connectivity index (χ0) is 20.2. The predicted molar refractivity (Wildman–Crippen MR) is 119 cm³/mol. The minimum atomic E-state index is 0.424. The molecule has 0 aliphatic heterocycles. The Bertz CT molecular complexity index is 956. The molecule has 0 unspecified atom stereocenters. The second kappa shape index (κ2) is 8.64. The van der Waals surface area contributed by atoms with Crippen molar-refractivity contribution in [2.45, 2.75) is 57.9 Å². The van der Waals surface area contributed by atoms with E-state index in [0.717, 1.165) is 22.6 Å². The van der Waals surface area contributed by atoms with E-state index in [1.807, 2.05) is 36.4 Å². The van der Waals surface area contributed by atoms with Crippen LogP contribution in [-0.4, -0.2) is 25.8 Å². The van der Waals surface area contributed by atoms with Crippen molar-refractivity contribution in [3.8, 4) is 11.1 Å². The Kier molecular flexibility index (Phi) is 5.79. The molecule has 3 aromatic rings. The third-order valence-electron chi connectivity index (χ3n) is 5.58. The number of para-hydroxylation sites is 1. The second-order valence-electron chi connectivity index (χ2n) is 8.20. The Hall–Kier alpha value is -2.89. The number of anilines is 3. The average molecular weight is 391 g/mol. The lowest BCUT2D eigenvalue weighted by molar-refractivity contribution is 0.462. The Labute approximate surface area is 172 Å². The molecule has 1 aliphatic carbocycles. The molecule has 6 nitrogen and oxygen atoms in total. The molecule has 2 aromatic heterocycles. The number of rotatable bonds is 6. The maximum absolute atomic E-state index is 4.88. The Morgan fingerprint density at radius 1 is 1.07 bits per heavy atom. The lowest BCUT2D eigenvalue weighted by Gasteiger charge is -2.24. The minimum absolute atomic E-state index is 0.424. The summed E-state index contributed by atoms with van der Waals surface area (Å²) < 4.78 is 1.81. The molecule has 0 saturated heterocycles. The summed E-state index contributed by atoms with van der Waals surface area (Å²) in [5.74, 6) is 1.92. The molecule has 0 radical (unpaired) electrons. The lowest BCUT2D eigenvalue weighted by atomic mass is 9.95. The maximum Gasteiger partial charge on any atom is 0.229 e. The summed E-state index contributed by atoms with van der Waals surface area (Å²) in [6, 6.07) is 8.81. The number of benzene rings is 1. The number of nitrogens with one attached hydrogen (secondary N) is 2. The standard InChI is InChI=1S/C23H30N6/c1-16(2)19-11-7-8-12-21(19)27-23-24-14-20(17-13-25-29(3)15-17)22(28-23)26-18-9-5-4-6-10-18/h7-8,11-16,18H,4-6,9-10H2,1-3H3,(H2,24,26,27,28). The number of hydrogen-bond acceptors (Lipinski definition) is 5. The van der Waals surface area contributed by atoms with Gasteiger partial charge in [-0.25, -0.2) is 4.98 Å². The first-order valence-electron chi connectivity index (χ1n) is 10.6. The fourth-order valence-corrected chi connectivity index (χ4v) is 4.00. The number of aryl methyl sites for hydroxylation is 1. The van der Waals surface area contributed by atoms with Gasteiger partial charge in [-0.1, -0.05) is 51.3 Å². The van der Waals surface area contributed by atoms with Crippen LogP contribution in [-0.2, 0) is 7.05 Å². The molecule has 2 heterocycles. The van der Waals surface area contributed by atoms with Gasteiger partial charge >= 0.3 is 0 Å². The van der Waals surface area contributed by atoms with Gasteiger partial charge < -0.3 is 10.6 Å². The number of hydrogen-bond donors (Lipinski definition) is 2. The predicted octanol–water partition coefficient (Wildman–Crippen LogP) is 5.49. The van der Waals surface area contributed by atoms with Crippen LogP contribution in [0.3, 0.4) is 0 Å². The van der Waals surface area contributed by atoms with Crippen LogP contribution in [0.25, 0.3) is 11.1 Å². The van der Waals surface area contributed by atoms with Crippen molar-refractivity contribution in [1.29, 1.82) is 0 Å². The van der Waals surface area contributed by atoms with Gasteiger partial charge in [0.05, 0.1) is 6.20 Å². The smallest absolute Gasteiger partial charge is 0.229 e. The van der Waals surface area contributed by atoms with Gasteiger partial charge in [-0.2, -0.15) is 10.1 Å². The van der Waals surface area contributed by atoms with Gasteiger partial charge in [-0.05, 0) is 30.4 Å². The molecule has 1 fully saturated rings. The summed E-state index contributed by atoms with van der Waals surface area (Å²) in [7, 11) is 1.93. The van der Waals surface area contributed by atoms with E-state index in [4.69, 9.17) is 4.98 Å². The summed E-state index contributed by atoms with van der Waals surface area (Å²) in [4.78, 5) is 9.49. The molecule has 1 aromatic carbocycles. The quantitative estimate of drug-likeness (QED) is 0.582. The fraction of sp³-hybridized carbons (Fsp3) is 0.435. The normalized spacial score (nSPS) is 14.9. The molecule has 0 bridgehead atoms. The third kappa shape index (κ3) is 4.58. The largest absolute Gasteiger partial charge is 0.367 e. The van der Waals surface area contributed by atoms with Gasteiger partial charge in [0.25, 0.3) is 0 Å². The van der Waals surface area contributed by atoms with Crippen LogP contribution in [0.2, 0.25) is 0 Å². The summed E-state index contributed by atoms with van der Waals surface area (Å²) >= 11 is 0. The lowest BCUT2D eigenvalue weighted by Crippen LogP contribution is -2.23. The van der Waals surface area contributed by atoms with E-state index >= 15 is 0 Å². The zero-order valence-corrected chi connectivity index (χ0v) is 17.5. The molecule has 29 heavy (non-hydrogen) atoms. The van der Waals surface area contributed by atoms with Crippen LogP contribution in [0.5, 0.6) is 0 Å². The van der Waals surface area contributed by atoms with E-state index in [-0.39, 0.29) is 0 Å². The zero-order valence-electron chi connectivity index (χ0n) is 17.5. The Balaban J connectivity index is 1.66. The van der Waals surface area contributed by atoms with Crippen LogP contribution in [0.1, 0.15) is 57.4 Å². The second-order valence-corrected chi connectivity index (χ2v) is 8.20. The Morgan fingerprint density at radius 3 is 2.59 bits per heavy atom. The van der Waals surface area contributed by atoms with E-state index in [2.05, 4.69) is 52.8 Å². The molecule has 2 N–H and O–H groups in total. The van der Waals surface area contributed by atoms with Crippen molar-refractivity contribution in [2.75, 3.05) is 10.6 Å². The van der Waals surface area contributed by atoms with Crippen molar-refractivity contribution in [1.82, 2.24) is 19.7 Å². The minimum Gasteiger partial charge on any atom is -0.367 e. The fourth-order valence-electron chi connectivity index (χ4n) is 4.00. The molecular formula is C23H30N6. The van der Waals surface area contributed by atoms with Gasteiger partial charge in [-0.3, -0.25) is 4.68 Å². The summed E-state index contributed by atoms with van der Waals surface area (Å²) in [5, 5.41) is 11.4. The van der Waals surface area contributed by atoms with Crippen molar-refractivity contribution in [3.05, 3.63) is 48.4 Å². The topological polar surface area (TPSA) is 67.7 Å². The Morgan fingerprint density at radius 2 is 1.86 bits per heavy atom. The molecule has 0 spiro atoms. The van der Waals surface area contributed by atoms with Crippen LogP contribution >= 0.6 is 0 Å². The SMILES string of the molecule is CC(C)c1ccccc1Nc1ncc(-c2cnn(C)c2)c(NC2CCCCC2)n1. The van der Waals surface area contributed by atoms with Gasteiger partial charge in [0.15, 0.2) is 0 Å². The van der Waals surface area contributed by atoms with E-state index < -0.39 is 0 Å². The molecule has 4 rings (SSSR count). The van der Waals surface area contributed by atoms with Crippen LogP contribution in [0, 0.1) is 0 Å². The number of aromatic nitrogens is 4. The maximum atomic E-state index is 4.88. The molecule has 6 heteroatoms. The summed E-state index contributed by atoms with van der Waals surface area (Å²) in [6.07, 6.45) is 12.0. The van der Waals surface area contributed by atoms with Gasteiger partial charge in [0.1, 0.15) is 5.82 Å². The van der Waals surface area contributed by atoms with Gasteiger partial charge in [0, 0.05) is 42.3 Å². The van der Waals surface area contributed by atoms with Crippen molar-refractivity contribution in [2.24, 2.45) is 7.05 Å². The van der Waals surface area contributed by atoms with Crippen molar-refractivity contribution >= 4 is 17.5 Å². The van der Waals surface area contributed by atoms with E-state index in [9.17, 15) is 0 Å². The molecule has 1 aliphatic rings. The first kappa shape index (κ1) is 19.4. The first-order chi connectivity index (χ1) is 14.1. The average Bonchev–Trinajstić information content (AvgIpc) is 3.15. The third-order valence-corrected chi connectivity index (χ3v) is 5.58. The molecular weight excluding hydrogens is 360 g/mol. The highest BCUT2D eigenvalue weighted by Gasteiger charge is 2.18. The van der Waals surface area contributed by atoms with Crippen LogP contribution in [0.4, 0.5) is 17.5 Å². The first-order valence-corrected chi connectivity index (χ1v) is 10.6. The molecule has 0 amide bonds. The highest BCUT2D eigenvalue weighted by molar-refractivity contribution is 5.75. The molecule has 1 saturated carbocycles. The van der Waals surface area contributed by atoms with Crippen molar-refractivity contribution in [3.63, 3.8) is 0 Å². The van der Waals surface area contributed by atoms with Crippen LogP contribution < -0.4 is 10.6 Å². The monoisotopic (exact) mass is 390 g/mol. The van der Waals surface area contributed by atoms with E-state index in [1.165, 1.54) is 37.7 Å². The van der Waals surface area contributed by atoms with Crippen molar-refractivity contribution < 1.29 is 0 Å². The highest BCUT2D eigenvalue weighted by Crippen LogP contribution is 2.31. The number of nitrogens with zero attached hydrogens (tertiary/aromatic N) is 4. The van der Waals surface area contributed by atoms with E-state index in [0.29, 0.717) is 17.9 Å². The highest BCUT2D eigenvalue weighted by atomic mass is 15.2. The van der Waals surface area contributed by atoms with Gasteiger partial charge in [0.2, 0.25) is 5.95 Å². The molecule has 0 atom stereocenters. The van der Waals surface area contributed by atoms with Crippen LogP contribution in [0.15, 0.2) is 42.9 Å². The van der Waals surface area contributed by atoms with E-state index in [1.54, 1.807) is 0 Å². The summed E-state index contributed by atoms with van der Waals surface area (Å²) in [6.45, 7) is 4.39. The van der Waals surface area contributed by atoms with Gasteiger partial charge in [-0.15, -0.1) is 0 Å².